The van der Waals surface area contributed by atoms with Gasteiger partial charge in [-0.3, -0.25) is 9.59 Å². The Labute approximate surface area is 128 Å². The van der Waals surface area contributed by atoms with Gasteiger partial charge in [0.05, 0.1) is 0 Å². The number of unbranched alkanes of at least 4 members (excludes halogenated alkanes) is 2. The fourth-order valence-corrected chi connectivity index (χ4v) is 1.35. The Bertz CT molecular complexity index is 366. The molecule has 0 aliphatic heterocycles. The van der Waals surface area contributed by atoms with E-state index in [1.54, 1.807) is 0 Å². The summed E-state index contributed by atoms with van der Waals surface area (Å²) in [5.74, 6) is -4.67. The van der Waals surface area contributed by atoms with E-state index in [2.05, 4.69) is 9.47 Å². The van der Waals surface area contributed by atoms with Crippen LogP contribution in [0.25, 0.3) is 0 Å². The predicted octanol–water partition coefficient (Wildman–Crippen LogP) is 0.228. The van der Waals surface area contributed by atoms with Crippen molar-refractivity contribution in [2.45, 2.75) is 64.6 Å². The normalized spacial score (nSPS) is 13.1. The summed E-state index contributed by atoms with van der Waals surface area (Å²) in [4.78, 5) is 45.1. The van der Waals surface area contributed by atoms with Gasteiger partial charge in [-0.15, -0.1) is 0 Å². The zero-order valence-corrected chi connectivity index (χ0v) is 12.7. The van der Waals surface area contributed by atoms with Crippen LogP contribution in [0.2, 0.25) is 0 Å². The fraction of sp³-hybridized carbons (Fsp3) is 0.714. The zero-order chi connectivity index (χ0) is 17.1. The second kappa shape index (κ2) is 10.9. The maximum atomic E-state index is 11.4. The molecule has 2 unspecified atom stereocenters. The number of esters is 4. The lowest BCUT2D eigenvalue weighted by Crippen LogP contribution is -2.42. The summed E-state index contributed by atoms with van der Waals surface area (Å²) in [6.07, 6.45) is -2.22. The monoisotopic (exact) mass is 318 g/mol. The van der Waals surface area contributed by atoms with Crippen molar-refractivity contribution < 1.29 is 38.9 Å². The van der Waals surface area contributed by atoms with Crippen LogP contribution in [0.1, 0.15) is 52.4 Å². The third-order valence-electron chi connectivity index (χ3n) is 2.68. The molecule has 22 heavy (non-hydrogen) atoms. The van der Waals surface area contributed by atoms with E-state index >= 15 is 0 Å². The molecule has 0 bridgehead atoms. The van der Waals surface area contributed by atoms with Gasteiger partial charge in [0.15, 0.2) is 12.2 Å². The van der Waals surface area contributed by atoms with Gasteiger partial charge in [-0.1, -0.05) is 26.7 Å². The summed E-state index contributed by atoms with van der Waals surface area (Å²) in [6.45, 7) is 3.67. The smallest absolute Gasteiger partial charge is 0.346 e. The van der Waals surface area contributed by atoms with Crippen LogP contribution in [0.4, 0.5) is 0 Å². The molecule has 0 amide bonds. The molecular weight excluding hydrogens is 296 g/mol. The molecule has 2 N–H and O–H groups in total. The van der Waals surface area contributed by atoms with Crippen LogP contribution >= 0.6 is 0 Å². The van der Waals surface area contributed by atoms with Crippen molar-refractivity contribution in [3.05, 3.63) is 0 Å². The van der Waals surface area contributed by atoms with Crippen LogP contribution in [0.15, 0.2) is 0 Å². The minimum atomic E-state index is -2.29. The summed E-state index contributed by atoms with van der Waals surface area (Å²) in [5.41, 5.74) is 0. The molecule has 0 saturated carbocycles. The molecule has 0 rings (SSSR count). The van der Waals surface area contributed by atoms with E-state index in [-0.39, 0.29) is 12.8 Å². The molecular formula is C14H22O8. The number of carbonyl (C=O) groups is 4. The molecule has 0 spiro atoms. The number of hydrogen-bond donors (Lipinski definition) is 2. The highest BCUT2D eigenvalue weighted by molar-refractivity contribution is 5.94. The average molecular weight is 318 g/mol. The Hall–Kier alpha value is -1.80. The van der Waals surface area contributed by atoms with Crippen LogP contribution in [0, 0.1) is 0 Å². The summed E-state index contributed by atoms with van der Waals surface area (Å²) in [5, 5.41) is 18.9. The topological polar surface area (TPSA) is 127 Å². The largest absolute Gasteiger partial charge is 0.391 e. The number of aliphatic hydroxyl groups excluding tert-OH is 2. The van der Waals surface area contributed by atoms with E-state index in [0.29, 0.717) is 25.7 Å². The van der Waals surface area contributed by atoms with Crippen LogP contribution in [0.5, 0.6) is 0 Å². The van der Waals surface area contributed by atoms with Crippen molar-refractivity contribution in [3.8, 4) is 0 Å². The molecule has 126 valence electrons. The Kier molecular flexibility index (Phi) is 9.97. The van der Waals surface area contributed by atoms with Crippen molar-refractivity contribution >= 4 is 23.9 Å². The summed E-state index contributed by atoms with van der Waals surface area (Å²) in [7, 11) is 0. The van der Waals surface area contributed by atoms with E-state index in [1.165, 1.54) is 0 Å². The Morgan fingerprint density at radius 1 is 0.773 bits per heavy atom. The first-order valence-corrected chi connectivity index (χ1v) is 7.18. The molecule has 2 atom stereocenters. The SMILES string of the molecule is CCCCC(=O)OC(=O)C(O)C(O)C(=O)OC(=O)CCCC. The quantitative estimate of drug-likeness (QED) is 0.457. The molecule has 0 heterocycles. The van der Waals surface area contributed by atoms with E-state index in [0.717, 1.165) is 0 Å². The lowest BCUT2D eigenvalue weighted by molar-refractivity contribution is -0.180. The molecule has 0 fully saturated rings. The van der Waals surface area contributed by atoms with Gasteiger partial charge in [0.1, 0.15) is 0 Å². The molecule has 0 aliphatic rings. The maximum Gasteiger partial charge on any atom is 0.346 e. The Morgan fingerprint density at radius 3 is 1.36 bits per heavy atom. The first-order chi connectivity index (χ1) is 10.3. The van der Waals surface area contributed by atoms with E-state index < -0.39 is 36.1 Å². The van der Waals surface area contributed by atoms with Crippen LogP contribution in [-0.4, -0.2) is 46.3 Å². The van der Waals surface area contributed by atoms with Crippen LogP contribution < -0.4 is 0 Å². The lowest BCUT2D eigenvalue weighted by atomic mass is 10.2. The standard InChI is InChI=1S/C14H22O8/c1-3-5-7-9(15)21-13(19)11(17)12(18)14(20)22-10(16)8-6-4-2/h11-12,17-18H,3-8H2,1-2H3. The van der Waals surface area contributed by atoms with Gasteiger partial charge in [-0.2, -0.15) is 0 Å². The average Bonchev–Trinajstić information content (AvgIpc) is 2.49. The van der Waals surface area contributed by atoms with Crippen LogP contribution in [-0.2, 0) is 28.7 Å². The number of aliphatic hydroxyl groups is 2. The minimum Gasteiger partial charge on any atom is -0.391 e. The Balaban J connectivity index is 4.35. The van der Waals surface area contributed by atoms with E-state index in [4.69, 9.17) is 0 Å². The van der Waals surface area contributed by atoms with Gasteiger partial charge in [0.25, 0.3) is 0 Å². The summed E-state index contributed by atoms with van der Waals surface area (Å²) < 4.78 is 8.55. The van der Waals surface area contributed by atoms with Gasteiger partial charge in [-0.25, -0.2) is 9.59 Å². The maximum absolute atomic E-state index is 11.4. The summed E-state index contributed by atoms with van der Waals surface area (Å²) >= 11 is 0. The molecule has 0 radical (unpaired) electrons. The molecule has 8 heteroatoms. The van der Waals surface area contributed by atoms with Gasteiger partial charge in [0, 0.05) is 12.8 Å². The predicted molar refractivity (Wildman–Crippen MR) is 73.3 cm³/mol. The number of hydrogen-bond acceptors (Lipinski definition) is 8. The molecule has 0 aliphatic carbocycles. The highest BCUT2D eigenvalue weighted by atomic mass is 16.6. The first-order valence-electron chi connectivity index (χ1n) is 7.18. The van der Waals surface area contributed by atoms with Crippen molar-refractivity contribution in [1.82, 2.24) is 0 Å². The van der Waals surface area contributed by atoms with Gasteiger partial charge >= 0.3 is 23.9 Å². The second-order valence-electron chi connectivity index (χ2n) is 4.68. The van der Waals surface area contributed by atoms with Crippen molar-refractivity contribution in [2.75, 3.05) is 0 Å². The minimum absolute atomic E-state index is 0.0228. The number of carbonyl (C=O) groups excluding carboxylic acids is 4. The van der Waals surface area contributed by atoms with Crippen molar-refractivity contribution in [2.24, 2.45) is 0 Å². The molecule has 0 aromatic rings. The summed E-state index contributed by atoms with van der Waals surface area (Å²) in [6, 6.07) is 0. The second-order valence-corrected chi connectivity index (χ2v) is 4.68. The molecule has 0 aromatic heterocycles. The number of ether oxygens (including phenoxy) is 2. The zero-order valence-electron chi connectivity index (χ0n) is 12.7. The van der Waals surface area contributed by atoms with Gasteiger partial charge in [-0.05, 0) is 12.8 Å². The third kappa shape index (κ3) is 7.84. The first kappa shape index (κ1) is 20.2. The van der Waals surface area contributed by atoms with Crippen molar-refractivity contribution in [1.29, 1.82) is 0 Å². The third-order valence-corrected chi connectivity index (χ3v) is 2.68. The highest BCUT2D eigenvalue weighted by Gasteiger charge is 2.35. The molecule has 8 nitrogen and oxygen atoms in total. The van der Waals surface area contributed by atoms with E-state index in [1.807, 2.05) is 13.8 Å². The number of rotatable bonds is 9. The Morgan fingerprint density at radius 2 is 1.09 bits per heavy atom. The fourth-order valence-electron chi connectivity index (χ4n) is 1.35. The van der Waals surface area contributed by atoms with Gasteiger partial charge in [0.2, 0.25) is 0 Å². The lowest BCUT2D eigenvalue weighted by Gasteiger charge is -2.14. The van der Waals surface area contributed by atoms with Crippen molar-refractivity contribution in [3.63, 3.8) is 0 Å². The highest BCUT2D eigenvalue weighted by Crippen LogP contribution is 2.05. The van der Waals surface area contributed by atoms with Crippen LogP contribution in [0.3, 0.4) is 0 Å². The molecule has 0 aromatic carbocycles. The van der Waals surface area contributed by atoms with Gasteiger partial charge < -0.3 is 19.7 Å². The van der Waals surface area contributed by atoms with E-state index in [9.17, 15) is 29.4 Å². The molecule has 0 saturated heterocycles.